The Morgan fingerprint density at radius 2 is 2.07 bits per heavy atom. The molecule has 0 bridgehead atoms. The number of hydrogen-bond donors (Lipinski definition) is 1. The zero-order valence-electron chi connectivity index (χ0n) is 17.7. The summed E-state index contributed by atoms with van der Waals surface area (Å²) in [5, 5.41) is 7.30. The molecule has 0 aromatic carbocycles. The molecule has 0 radical (unpaired) electrons. The third-order valence-electron chi connectivity index (χ3n) is 4.89. The van der Waals surface area contributed by atoms with Crippen molar-refractivity contribution in [2.24, 2.45) is 13.0 Å². The molecule has 8 nitrogen and oxygen atoms in total. The van der Waals surface area contributed by atoms with Crippen LogP contribution in [-0.4, -0.2) is 71.6 Å². The molecule has 2 rings (SSSR count). The van der Waals surface area contributed by atoms with Crippen LogP contribution in [0, 0.1) is 5.92 Å². The summed E-state index contributed by atoms with van der Waals surface area (Å²) in [5.41, 5.74) is 1.56. The van der Waals surface area contributed by atoms with E-state index in [4.69, 9.17) is 9.47 Å². The highest BCUT2D eigenvalue weighted by atomic mass is 16.5. The fraction of sp³-hybridized carbons (Fsp3) is 0.750. The Bertz CT molecular complexity index is 659. The summed E-state index contributed by atoms with van der Waals surface area (Å²) >= 11 is 0. The van der Waals surface area contributed by atoms with E-state index in [1.807, 2.05) is 14.0 Å². The fourth-order valence-corrected chi connectivity index (χ4v) is 3.38. The number of amides is 2. The molecule has 0 saturated carbocycles. The minimum atomic E-state index is -0.508. The first kappa shape index (κ1) is 22.4. The van der Waals surface area contributed by atoms with Crippen LogP contribution in [0.5, 0.6) is 0 Å². The molecule has 1 aliphatic rings. The number of carbonyl (C=O) groups excluding carboxylic acids is 2. The van der Waals surface area contributed by atoms with Crippen molar-refractivity contribution in [1.82, 2.24) is 20.0 Å². The molecule has 1 unspecified atom stereocenters. The van der Waals surface area contributed by atoms with Gasteiger partial charge in [-0.2, -0.15) is 5.10 Å². The normalized spacial score (nSPS) is 17.9. The average molecular weight is 395 g/mol. The molecule has 1 aliphatic heterocycles. The largest absolute Gasteiger partial charge is 0.379 e. The number of likely N-dealkylation sites (tertiary alicyclic amines) is 1. The van der Waals surface area contributed by atoms with E-state index in [1.54, 1.807) is 22.7 Å². The van der Waals surface area contributed by atoms with Crippen molar-refractivity contribution < 1.29 is 19.1 Å². The van der Waals surface area contributed by atoms with E-state index in [9.17, 15) is 9.59 Å². The van der Waals surface area contributed by atoms with Crippen molar-refractivity contribution in [2.45, 2.75) is 52.7 Å². The fourth-order valence-electron chi connectivity index (χ4n) is 3.38. The SMILES string of the molecule is CCOCCOC(C)C(=O)N1CC[C@@H](NC(=O)c2cnn(C)c2CC(C)C)C1. The Morgan fingerprint density at radius 3 is 2.75 bits per heavy atom. The van der Waals surface area contributed by atoms with Gasteiger partial charge in [-0.25, -0.2) is 0 Å². The van der Waals surface area contributed by atoms with Crippen LogP contribution < -0.4 is 5.32 Å². The number of aryl methyl sites for hydroxylation is 1. The predicted octanol–water partition coefficient (Wildman–Crippen LogP) is 1.39. The Balaban J connectivity index is 1.85. The molecular formula is C20H34N4O4. The van der Waals surface area contributed by atoms with Gasteiger partial charge in [0.15, 0.2) is 0 Å². The Morgan fingerprint density at radius 1 is 1.32 bits per heavy atom. The van der Waals surface area contributed by atoms with Crippen molar-refractivity contribution in [1.29, 1.82) is 0 Å². The van der Waals surface area contributed by atoms with Gasteiger partial charge in [0, 0.05) is 32.8 Å². The molecule has 2 atom stereocenters. The van der Waals surface area contributed by atoms with Gasteiger partial charge in [0.2, 0.25) is 0 Å². The van der Waals surface area contributed by atoms with E-state index >= 15 is 0 Å². The molecule has 1 aromatic rings. The molecule has 2 amide bonds. The first-order valence-electron chi connectivity index (χ1n) is 10.1. The third-order valence-corrected chi connectivity index (χ3v) is 4.89. The minimum absolute atomic E-state index is 0.0462. The van der Waals surface area contributed by atoms with Crippen LogP contribution in [0.1, 0.15) is 50.2 Å². The van der Waals surface area contributed by atoms with Crippen LogP contribution in [0.3, 0.4) is 0 Å². The number of rotatable bonds is 10. The summed E-state index contributed by atoms with van der Waals surface area (Å²) in [6, 6.07) is -0.0563. The van der Waals surface area contributed by atoms with E-state index in [-0.39, 0.29) is 17.9 Å². The summed E-state index contributed by atoms with van der Waals surface area (Å²) < 4.78 is 12.5. The zero-order chi connectivity index (χ0) is 20.7. The van der Waals surface area contributed by atoms with Gasteiger partial charge in [0.25, 0.3) is 11.8 Å². The van der Waals surface area contributed by atoms with Crippen molar-refractivity contribution in [3.05, 3.63) is 17.5 Å². The maximum absolute atomic E-state index is 12.7. The number of aromatic nitrogens is 2. The number of nitrogens with zero attached hydrogens (tertiary/aromatic N) is 3. The van der Waals surface area contributed by atoms with E-state index < -0.39 is 6.10 Å². The first-order chi connectivity index (χ1) is 13.3. The van der Waals surface area contributed by atoms with Crippen LogP contribution in [0.15, 0.2) is 6.20 Å². The Hall–Kier alpha value is -1.93. The number of nitrogens with one attached hydrogen (secondary N) is 1. The zero-order valence-corrected chi connectivity index (χ0v) is 17.7. The Kier molecular flexibility index (Phi) is 8.44. The molecule has 158 valence electrons. The van der Waals surface area contributed by atoms with Crippen LogP contribution >= 0.6 is 0 Å². The third kappa shape index (κ3) is 6.04. The second kappa shape index (κ2) is 10.6. The molecule has 2 heterocycles. The second-order valence-electron chi connectivity index (χ2n) is 7.68. The molecule has 0 spiro atoms. The highest BCUT2D eigenvalue weighted by Gasteiger charge is 2.31. The summed E-state index contributed by atoms with van der Waals surface area (Å²) in [7, 11) is 1.86. The smallest absolute Gasteiger partial charge is 0.255 e. The maximum Gasteiger partial charge on any atom is 0.255 e. The van der Waals surface area contributed by atoms with Gasteiger partial charge >= 0.3 is 0 Å². The summed E-state index contributed by atoms with van der Waals surface area (Å²) in [6.45, 7) is 10.6. The van der Waals surface area contributed by atoms with Crippen LogP contribution in [0.2, 0.25) is 0 Å². The number of hydrogen-bond acceptors (Lipinski definition) is 5. The quantitative estimate of drug-likeness (QED) is 0.606. The summed E-state index contributed by atoms with van der Waals surface area (Å²) in [4.78, 5) is 27.0. The van der Waals surface area contributed by atoms with Gasteiger partial charge in [-0.15, -0.1) is 0 Å². The lowest BCUT2D eigenvalue weighted by Crippen LogP contribution is -2.42. The molecule has 28 heavy (non-hydrogen) atoms. The maximum atomic E-state index is 12.7. The van der Waals surface area contributed by atoms with Crippen molar-refractivity contribution in [3.63, 3.8) is 0 Å². The van der Waals surface area contributed by atoms with E-state index in [1.165, 1.54) is 0 Å². The lowest BCUT2D eigenvalue weighted by Gasteiger charge is -2.21. The minimum Gasteiger partial charge on any atom is -0.379 e. The van der Waals surface area contributed by atoms with Gasteiger partial charge in [0.05, 0.1) is 30.7 Å². The van der Waals surface area contributed by atoms with Crippen LogP contribution in [0.25, 0.3) is 0 Å². The monoisotopic (exact) mass is 394 g/mol. The van der Waals surface area contributed by atoms with Gasteiger partial charge in [-0.05, 0) is 32.6 Å². The van der Waals surface area contributed by atoms with Crippen LogP contribution in [0.4, 0.5) is 0 Å². The summed E-state index contributed by atoms with van der Waals surface area (Å²) in [6.07, 6.45) is 2.65. The van der Waals surface area contributed by atoms with Gasteiger partial charge < -0.3 is 19.7 Å². The highest BCUT2D eigenvalue weighted by Crippen LogP contribution is 2.16. The lowest BCUT2D eigenvalue weighted by molar-refractivity contribution is -0.142. The number of ether oxygens (including phenoxy) is 2. The second-order valence-corrected chi connectivity index (χ2v) is 7.68. The molecule has 8 heteroatoms. The van der Waals surface area contributed by atoms with E-state index in [2.05, 4.69) is 24.3 Å². The standard InChI is InChI=1S/C20H34N4O4/c1-6-27-9-10-28-15(4)20(26)24-8-7-16(13-24)22-19(25)17-12-21-23(5)18(17)11-14(2)3/h12,14-16H,6-11,13H2,1-5H3,(H,22,25)/t15?,16-/m1/s1. The van der Waals surface area contributed by atoms with E-state index in [0.29, 0.717) is 44.4 Å². The van der Waals surface area contributed by atoms with Crippen LogP contribution in [-0.2, 0) is 27.7 Å². The topological polar surface area (TPSA) is 85.7 Å². The number of carbonyl (C=O) groups is 2. The molecular weight excluding hydrogens is 360 g/mol. The molecule has 1 aromatic heterocycles. The highest BCUT2D eigenvalue weighted by molar-refractivity contribution is 5.95. The van der Waals surface area contributed by atoms with Crippen molar-refractivity contribution in [2.75, 3.05) is 32.9 Å². The predicted molar refractivity (Wildman–Crippen MR) is 106 cm³/mol. The van der Waals surface area contributed by atoms with Gasteiger partial charge in [0.1, 0.15) is 6.10 Å². The van der Waals surface area contributed by atoms with E-state index in [0.717, 1.165) is 18.5 Å². The van der Waals surface area contributed by atoms with Crippen molar-refractivity contribution >= 4 is 11.8 Å². The van der Waals surface area contributed by atoms with Gasteiger partial charge in [-0.3, -0.25) is 14.3 Å². The van der Waals surface area contributed by atoms with Gasteiger partial charge in [-0.1, -0.05) is 13.8 Å². The van der Waals surface area contributed by atoms with Crippen molar-refractivity contribution in [3.8, 4) is 0 Å². The summed E-state index contributed by atoms with van der Waals surface area (Å²) in [5.74, 6) is 0.268. The lowest BCUT2D eigenvalue weighted by atomic mass is 10.0. The Labute approximate surface area is 167 Å². The average Bonchev–Trinajstić information content (AvgIpc) is 3.25. The molecule has 0 aliphatic carbocycles. The molecule has 1 N–H and O–H groups in total. The first-order valence-corrected chi connectivity index (χ1v) is 10.1. The molecule has 1 saturated heterocycles. The molecule has 1 fully saturated rings.